The predicted molar refractivity (Wildman–Crippen MR) is 128 cm³/mol. The molecular weight excluding hydrogens is 370 g/mol. The van der Waals surface area contributed by atoms with E-state index in [9.17, 15) is 0 Å². The first-order chi connectivity index (χ1) is 14.7. The summed E-state index contributed by atoms with van der Waals surface area (Å²) in [4.78, 5) is 5.23. The molecule has 0 amide bonds. The van der Waals surface area contributed by atoms with Gasteiger partial charge in [-0.15, -0.1) is 0 Å². The monoisotopic (exact) mass is 407 g/mol. The summed E-state index contributed by atoms with van der Waals surface area (Å²) in [6, 6.07) is 14.0. The molecule has 1 N–H and O–H groups in total. The van der Waals surface area contributed by atoms with Crippen LogP contribution in [-0.4, -0.2) is 44.2 Å². The van der Waals surface area contributed by atoms with Gasteiger partial charge in [0.1, 0.15) is 5.75 Å². The van der Waals surface area contributed by atoms with Crippen LogP contribution in [0.25, 0.3) is 0 Å². The Labute approximate surface area is 182 Å². The molecular formula is C26H37N3O. The lowest BCUT2D eigenvalue weighted by Gasteiger charge is -2.38. The number of aryl methyl sites for hydroxylation is 2. The van der Waals surface area contributed by atoms with Crippen molar-refractivity contribution in [1.29, 1.82) is 0 Å². The summed E-state index contributed by atoms with van der Waals surface area (Å²) in [5.74, 6) is 0.919. The van der Waals surface area contributed by atoms with Crippen LogP contribution in [0, 0.1) is 0 Å². The van der Waals surface area contributed by atoms with E-state index in [1.165, 1.54) is 61.3 Å². The van der Waals surface area contributed by atoms with Crippen molar-refractivity contribution < 1.29 is 4.74 Å². The van der Waals surface area contributed by atoms with E-state index in [1.54, 1.807) is 7.11 Å². The number of anilines is 3. The minimum Gasteiger partial charge on any atom is -0.494 e. The normalized spacial score (nSPS) is 18.0. The van der Waals surface area contributed by atoms with Crippen molar-refractivity contribution in [3.8, 4) is 5.75 Å². The molecule has 4 nitrogen and oxygen atoms in total. The zero-order valence-corrected chi connectivity index (χ0v) is 18.9. The SMILES string of the molecule is CCc1cccc(CC)c1Nc1ccc(N2CCC(N3CCCC3)CC2)cc1OC. The van der Waals surface area contributed by atoms with Crippen LogP contribution in [0.15, 0.2) is 36.4 Å². The van der Waals surface area contributed by atoms with Gasteiger partial charge in [-0.3, -0.25) is 0 Å². The number of nitrogens with zero attached hydrogens (tertiary/aromatic N) is 2. The van der Waals surface area contributed by atoms with Crippen LogP contribution < -0.4 is 15.0 Å². The number of hydrogen-bond donors (Lipinski definition) is 1. The molecule has 2 aliphatic heterocycles. The third-order valence-electron chi connectivity index (χ3n) is 6.93. The number of piperidine rings is 1. The van der Waals surface area contributed by atoms with Gasteiger partial charge >= 0.3 is 0 Å². The van der Waals surface area contributed by atoms with Gasteiger partial charge in [-0.2, -0.15) is 0 Å². The lowest BCUT2D eigenvalue weighted by atomic mass is 10.0. The Bertz CT molecular complexity index is 814. The molecule has 0 aliphatic carbocycles. The highest BCUT2D eigenvalue weighted by atomic mass is 16.5. The summed E-state index contributed by atoms with van der Waals surface area (Å²) in [6.07, 6.45) is 7.34. The second-order valence-electron chi connectivity index (χ2n) is 8.63. The van der Waals surface area contributed by atoms with Gasteiger partial charge in [0.25, 0.3) is 0 Å². The molecule has 2 aromatic rings. The van der Waals surface area contributed by atoms with Gasteiger partial charge in [0.15, 0.2) is 0 Å². The number of rotatable bonds is 7. The molecule has 30 heavy (non-hydrogen) atoms. The van der Waals surface area contributed by atoms with Crippen LogP contribution in [-0.2, 0) is 12.8 Å². The summed E-state index contributed by atoms with van der Waals surface area (Å²) < 4.78 is 5.80. The topological polar surface area (TPSA) is 27.7 Å². The molecule has 2 heterocycles. The molecule has 2 aromatic carbocycles. The molecule has 0 aromatic heterocycles. The van der Waals surface area contributed by atoms with Crippen molar-refractivity contribution in [2.75, 3.05) is 43.5 Å². The second kappa shape index (κ2) is 9.74. The van der Waals surface area contributed by atoms with Gasteiger partial charge in [0, 0.05) is 36.6 Å². The molecule has 4 heteroatoms. The van der Waals surface area contributed by atoms with Crippen molar-refractivity contribution in [3.63, 3.8) is 0 Å². The number of benzene rings is 2. The molecule has 2 aliphatic rings. The van der Waals surface area contributed by atoms with Gasteiger partial charge in [-0.1, -0.05) is 32.0 Å². The summed E-state index contributed by atoms with van der Waals surface area (Å²) in [5.41, 5.74) is 6.26. The average Bonchev–Trinajstić information content (AvgIpc) is 3.34. The zero-order valence-electron chi connectivity index (χ0n) is 18.9. The first kappa shape index (κ1) is 21.0. The van der Waals surface area contributed by atoms with E-state index in [2.05, 4.69) is 65.4 Å². The maximum absolute atomic E-state index is 5.80. The largest absolute Gasteiger partial charge is 0.494 e. The van der Waals surface area contributed by atoms with Gasteiger partial charge in [0.05, 0.1) is 12.8 Å². The lowest BCUT2D eigenvalue weighted by Crippen LogP contribution is -2.43. The molecule has 0 atom stereocenters. The molecule has 2 saturated heterocycles. The van der Waals surface area contributed by atoms with E-state index in [4.69, 9.17) is 4.74 Å². The Balaban J connectivity index is 1.49. The molecule has 0 spiro atoms. The molecule has 2 fully saturated rings. The van der Waals surface area contributed by atoms with E-state index in [-0.39, 0.29) is 0 Å². The molecule has 4 rings (SSSR count). The lowest BCUT2D eigenvalue weighted by molar-refractivity contribution is 0.208. The first-order valence-corrected chi connectivity index (χ1v) is 11.8. The van der Waals surface area contributed by atoms with Crippen molar-refractivity contribution in [1.82, 2.24) is 4.90 Å². The predicted octanol–water partition coefficient (Wildman–Crippen LogP) is 5.63. The summed E-state index contributed by atoms with van der Waals surface area (Å²) >= 11 is 0. The minimum absolute atomic E-state index is 0.782. The van der Waals surface area contributed by atoms with Crippen LogP contribution in [0.3, 0.4) is 0 Å². The van der Waals surface area contributed by atoms with Gasteiger partial charge in [0.2, 0.25) is 0 Å². The molecule has 162 valence electrons. The number of para-hydroxylation sites is 1. The maximum atomic E-state index is 5.80. The minimum atomic E-state index is 0.782. The van der Waals surface area contributed by atoms with Gasteiger partial charge in [-0.05, 0) is 74.9 Å². The number of nitrogens with one attached hydrogen (secondary N) is 1. The van der Waals surface area contributed by atoms with Gasteiger partial charge < -0.3 is 19.9 Å². The van der Waals surface area contributed by atoms with Crippen molar-refractivity contribution in [2.45, 2.75) is 58.4 Å². The number of likely N-dealkylation sites (tertiary alicyclic amines) is 1. The Morgan fingerprint density at radius 1 is 0.933 bits per heavy atom. The molecule has 0 bridgehead atoms. The Kier molecular flexibility index (Phi) is 6.83. The standard InChI is InChI=1S/C26H37N3O/c1-4-20-9-8-10-21(5-2)26(20)27-24-12-11-23(19-25(24)30-3)29-17-13-22(14-18-29)28-15-6-7-16-28/h8-12,19,22,27H,4-7,13-18H2,1-3H3. The van der Waals surface area contributed by atoms with E-state index >= 15 is 0 Å². The number of hydrogen-bond acceptors (Lipinski definition) is 4. The smallest absolute Gasteiger partial charge is 0.144 e. The van der Waals surface area contributed by atoms with Gasteiger partial charge in [-0.25, -0.2) is 0 Å². The first-order valence-electron chi connectivity index (χ1n) is 11.8. The fourth-order valence-corrected chi connectivity index (χ4v) is 5.11. The van der Waals surface area contributed by atoms with E-state index in [1.807, 2.05) is 0 Å². The summed E-state index contributed by atoms with van der Waals surface area (Å²) in [6.45, 7) is 9.30. The van der Waals surface area contributed by atoms with Crippen LogP contribution in [0.1, 0.15) is 50.7 Å². The fraction of sp³-hybridized carbons (Fsp3) is 0.538. The van der Waals surface area contributed by atoms with Crippen LogP contribution in [0.2, 0.25) is 0 Å². The number of ether oxygens (including phenoxy) is 1. The third kappa shape index (κ3) is 4.44. The van der Waals surface area contributed by atoms with Crippen molar-refractivity contribution >= 4 is 17.1 Å². The van der Waals surface area contributed by atoms with Crippen LogP contribution >= 0.6 is 0 Å². The highest BCUT2D eigenvalue weighted by Crippen LogP contribution is 2.35. The van der Waals surface area contributed by atoms with E-state index < -0.39 is 0 Å². The fourth-order valence-electron chi connectivity index (χ4n) is 5.11. The van der Waals surface area contributed by atoms with Crippen LogP contribution in [0.5, 0.6) is 5.75 Å². The zero-order chi connectivity index (χ0) is 20.9. The highest BCUT2D eigenvalue weighted by Gasteiger charge is 2.26. The summed E-state index contributed by atoms with van der Waals surface area (Å²) in [5, 5.41) is 3.69. The van der Waals surface area contributed by atoms with E-state index in [0.29, 0.717) is 0 Å². The highest BCUT2D eigenvalue weighted by molar-refractivity contribution is 5.74. The van der Waals surface area contributed by atoms with Crippen molar-refractivity contribution in [2.24, 2.45) is 0 Å². The molecule has 0 saturated carbocycles. The second-order valence-corrected chi connectivity index (χ2v) is 8.63. The van der Waals surface area contributed by atoms with Crippen molar-refractivity contribution in [3.05, 3.63) is 47.5 Å². The Morgan fingerprint density at radius 2 is 1.60 bits per heavy atom. The van der Waals surface area contributed by atoms with E-state index in [0.717, 1.165) is 43.4 Å². The molecule has 0 unspecified atom stereocenters. The third-order valence-corrected chi connectivity index (χ3v) is 6.93. The Hall–Kier alpha value is -2.20. The molecule has 0 radical (unpaired) electrons. The average molecular weight is 408 g/mol. The number of methoxy groups -OCH3 is 1. The maximum Gasteiger partial charge on any atom is 0.144 e. The summed E-state index contributed by atoms with van der Waals surface area (Å²) in [7, 11) is 1.77. The quantitative estimate of drug-likeness (QED) is 0.644. The Morgan fingerprint density at radius 3 is 2.20 bits per heavy atom. The van der Waals surface area contributed by atoms with Crippen LogP contribution in [0.4, 0.5) is 17.1 Å².